The number of anilines is 2. The van der Waals surface area contributed by atoms with Crippen molar-refractivity contribution in [1.29, 1.82) is 0 Å². The number of aromatic nitrogens is 1. The van der Waals surface area contributed by atoms with Crippen molar-refractivity contribution in [3.05, 3.63) is 59.4 Å². The standard InChI is InChI=1S/C22H19N3O4/c26-20-13-29-19-9-8-15(11-18(19)24(20)12-14-5-3-4-10-23-14)25-21(27)16-6-1-2-7-17(16)22(25)28/h3-5,8-11H,1-2,6-7,12-13H2. The van der Waals surface area contributed by atoms with Gasteiger partial charge in [0.2, 0.25) is 0 Å². The summed E-state index contributed by atoms with van der Waals surface area (Å²) in [6, 6.07) is 10.6. The minimum Gasteiger partial charge on any atom is -0.482 e. The Bertz CT molecular complexity index is 1030. The molecule has 1 aromatic carbocycles. The fraction of sp³-hybridized carbons (Fsp3) is 0.273. The van der Waals surface area contributed by atoms with Crippen LogP contribution in [-0.2, 0) is 20.9 Å². The van der Waals surface area contributed by atoms with E-state index in [0.29, 0.717) is 41.1 Å². The average molecular weight is 389 g/mol. The Morgan fingerprint density at radius 3 is 2.41 bits per heavy atom. The van der Waals surface area contributed by atoms with Crippen LogP contribution in [0.2, 0.25) is 0 Å². The first-order valence-electron chi connectivity index (χ1n) is 9.71. The molecule has 0 bridgehead atoms. The number of nitrogens with zero attached hydrogens (tertiary/aromatic N) is 3. The molecular formula is C22H19N3O4. The number of hydrogen-bond acceptors (Lipinski definition) is 5. The summed E-state index contributed by atoms with van der Waals surface area (Å²) in [4.78, 5) is 45.4. The average Bonchev–Trinajstić information content (AvgIpc) is 3.01. The van der Waals surface area contributed by atoms with E-state index in [0.717, 1.165) is 18.5 Å². The number of carbonyl (C=O) groups is 3. The monoisotopic (exact) mass is 389 g/mol. The van der Waals surface area contributed by atoms with Gasteiger partial charge in [0.05, 0.1) is 23.6 Å². The van der Waals surface area contributed by atoms with E-state index in [1.54, 1.807) is 29.3 Å². The van der Waals surface area contributed by atoms with Crippen molar-refractivity contribution < 1.29 is 19.1 Å². The molecule has 0 saturated carbocycles. The van der Waals surface area contributed by atoms with Gasteiger partial charge in [0.15, 0.2) is 6.61 Å². The van der Waals surface area contributed by atoms with Gasteiger partial charge in [-0.2, -0.15) is 0 Å². The van der Waals surface area contributed by atoms with Gasteiger partial charge in [0.25, 0.3) is 17.7 Å². The van der Waals surface area contributed by atoms with Crippen molar-refractivity contribution in [2.24, 2.45) is 0 Å². The van der Waals surface area contributed by atoms with Crippen LogP contribution < -0.4 is 14.5 Å². The summed E-state index contributed by atoms with van der Waals surface area (Å²) in [5.74, 6) is -0.147. The number of ether oxygens (including phenoxy) is 1. The lowest BCUT2D eigenvalue weighted by Crippen LogP contribution is -2.39. The minimum atomic E-state index is -0.246. The molecule has 3 amide bonds. The Balaban J connectivity index is 1.51. The highest BCUT2D eigenvalue weighted by molar-refractivity contribution is 6.33. The predicted octanol–water partition coefficient (Wildman–Crippen LogP) is 2.75. The van der Waals surface area contributed by atoms with Crippen LogP contribution in [0.4, 0.5) is 11.4 Å². The lowest BCUT2D eigenvalue weighted by Gasteiger charge is -2.30. The van der Waals surface area contributed by atoms with Crippen molar-refractivity contribution in [1.82, 2.24) is 4.98 Å². The second kappa shape index (κ2) is 6.84. The van der Waals surface area contributed by atoms with E-state index in [2.05, 4.69) is 4.98 Å². The number of amides is 3. The van der Waals surface area contributed by atoms with E-state index in [-0.39, 0.29) is 30.9 Å². The molecule has 7 heteroatoms. The Morgan fingerprint density at radius 2 is 1.72 bits per heavy atom. The molecule has 2 aliphatic heterocycles. The second-order valence-corrected chi connectivity index (χ2v) is 7.35. The maximum atomic E-state index is 12.9. The van der Waals surface area contributed by atoms with Gasteiger partial charge >= 0.3 is 0 Å². The molecule has 0 N–H and O–H groups in total. The molecule has 29 heavy (non-hydrogen) atoms. The Kier molecular flexibility index (Phi) is 4.16. The van der Waals surface area contributed by atoms with Gasteiger partial charge in [-0.05, 0) is 56.0 Å². The van der Waals surface area contributed by atoms with E-state index in [4.69, 9.17) is 4.74 Å². The highest BCUT2D eigenvalue weighted by atomic mass is 16.5. The van der Waals surface area contributed by atoms with Gasteiger partial charge in [0.1, 0.15) is 5.75 Å². The highest BCUT2D eigenvalue weighted by Crippen LogP contribution is 2.40. The van der Waals surface area contributed by atoms with Gasteiger partial charge in [0, 0.05) is 17.3 Å². The van der Waals surface area contributed by atoms with Crippen LogP contribution in [0.15, 0.2) is 53.7 Å². The first-order valence-corrected chi connectivity index (χ1v) is 9.71. The van der Waals surface area contributed by atoms with Crippen molar-refractivity contribution in [3.63, 3.8) is 0 Å². The van der Waals surface area contributed by atoms with E-state index in [9.17, 15) is 14.4 Å². The molecule has 0 atom stereocenters. The summed E-state index contributed by atoms with van der Waals surface area (Å²) in [6.45, 7) is 0.229. The maximum absolute atomic E-state index is 12.9. The van der Waals surface area contributed by atoms with Crippen LogP contribution >= 0.6 is 0 Å². The van der Waals surface area contributed by atoms with Crippen molar-refractivity contribution >= 4 is 29.1 Å². The maximum Gasteiger partial charge on any atom is 0.265 e. The molecule has 0 fully saturated rings. The van der Waals surface area contributed by atoms with Crippen molar-refractivity contribution in [2.45, 2.75) is 32.2 Å². The summed E-state index contributed by atoms with van der Waals surface area (Å²) >= 11 is 0. The van der Waals surface area contributed by atoms with E-state index in [1.807, 2.05) is 18.2 Å². The van der Waals surface area contributed by atoms with Gasteiger partial charge in [-0.15, -0.1) is 0 Å². The third-order valence-electron chi connectivity index (χ3n) is 5.58. The fourth-order valence-corrected chi connectivity index (χ4v) is 4.13. The van der Waals surface area contributed by atoms with E-state index < -0.39 is 0 Å². The molecule has 0 radical (unpaired) electrons. The molecule has 1 aliphatic carbocycles. The van der Waals surface area contributed by atoms with Crippen LogP contribution in [0.1, 0.15) is 31.4 Å². The zero-order valence-electron chi connectivity index (χ0n) is 15.8. The third-order valence-corrected chi connectivity index (χ3v) is 5.58. The Morgan fingerprint density at radius 1 is 0.966 bits per heavy atom. The molecule has 5 rings (SSSR count). The SMILES string of the molecule is O=C1COc2ccc(N3C(=O)C4=C(CCCC4)C3=O)cc2N1Cc1ccccn1. The molecule has 0 saturated heterocycles. The summed E-state index contributed by atoms with van der Waals surface area (Å²) in [5, 5.41) is 0. The first kappa shape index (κ1) is 17.6. The molecule has 0 spiro atoms. The molecule has 0 unspecified atom stereocenters. The third kappa shape index (κ3) is 2.90. The number of imide groups is 1. The zero-order valence-corrected chi connectivity index (χ0v) is 15.8. The fourth-order valence-electron chi connectivity index (χ4n) is 4.13. The number of benzene rings is 1. The minimum absolute atomic E-state index is 0.0589. The predicted molar refractivity (Wildman–Crippen MR) is 105 cm³/mol. The number of rotatable bonds is 3. The molecule has 3 aliphatic rings. The lowest BCUT2D eigenvalue weighted by atomic mass is 9.93. The van der Waals surface area contributed by atoms with E-state index in [1.165, 1.54) is 4.90 Å². The number of carbonyl (C=O) groups excluding carboxylic acids is 3. The van der Waals surface area contributed by atoms with Crippen molar-refractivity contribution in [2.75, 3.05) is 16.4 Å². The molecular weight excluding hydrogens is 370 g/mol. The topological polar surface area (TPSA) is 79.8 Å². The summed E-state index contributed by atoms with van der Waals surface area (Å²) in [7, 11) is 0. The summed E-state index contributed by atoms with van der Waals surface area (Å²) < 4.78 is 5.56. The number of fused-ring (bicyclic) bond motifs is 1. The largest absolute Gasteiger partial charge is 0.482 e. The van der Waals surface area contributed by atoms with Crippen LogP contribution in [0, 0.1) is 0 Å². The van der Waals surface area contributed by atoms with Gasteiger partial charge in [-0.1, -0.05) is 6.07 Å². The molecule has 1 aromatic heterocycles. The molecule has 2 aromatic rings. The Hall–Kier alpha value is -3.48. The zero-order chi connectivity index (χ0) is 20.0. The van der Waals surface area contributed by atoms with Gasteiger partial charge in [-0.25, -0.2) is 4.90 Å². The highest BCUT2D eigenvalue weighted by Gasteiger charge is 2.40. The first-order chi connectivity index (χ1) is 14.1. The Labute approximate surface area is 167 Å². The van der Waals surface area contributed by atoms with Gasteiger partial charge in [-0.3, -0.25) is 24.3 Å². The molecule has 7 nitrogen and oxygen atoms in total. The quantitative estimate of drug-likeness (QED) is 0.754. The molecule has 146 valence electrons. The smallest absolute Gasteiger partial charge is 0.265 e. The lowest BCUT2D eigenvalue weighted by molar-refractivity contribution is -0.122. The molecule has 3 heterocycles. The van der Waals surface area contributed by atoms with Crippen molar-refractivity contribution in [3.8, 4) is 5.75 Å². The number of hydrogen-bond donors (Lipinski definition) is 0. The van der Waals surface area contributed by atoms with Crippen LogP contribution in [0.5, 0.6) is 5.75 Å². The summed E-state index contributed by atoms with van der Waals surface area (Å²) in [5.41, 5.74) is 3.00. The van der Waals surface area contributed by atoms with Crippen LogP contribution in [-0.4, -0.2) is 29.3 Å². The van der Waals surface area contributed by atoms with Gasteiger partial charge < -0.3 is 4.74 Å². The van der Waals surface area contributed by atoms with E-state index >= 15 is 0 Å². The second-order valence-electron chi connectivity index (χ2n) is 7.35. The van der Waals surface area contributed by atoms with Crippen LogP contribution in [0.25, 0.3) is 0 Å². The normalized spacial score (nSPS) is 18.7. The van der Waals surface area contributed by atoms with Crippen LogP contribution in [0.3, 0.4) is 0 Å². The summed E-state index contributed by atoms with van der Waals surface area (Å²) in [6.07, 6.45) is 4.82. The number of pyridine rings is 1.